The number of furan rings is 1. The summed E-state index contributed by atoms with van der Waals surface area (Å²) in [4.78, 5) is 4.36. The standard InChI is InChI=1S/C14H14N2O3/c1-3-17-9(2)13-15-14(19-16-13)11-8-18-12-7-5-4-6-10(11)12/h4-9H,3H2,1-2H3/t9-/m0/s1. The summed E-state index contributed by atoms with van der Waals surface area (Å²) >= 11 is 0. The lowest BCUT2D eigenvalue weighted by molar-refractivity contribution is 0.0683. The summed E-state index contributed by atoms with van der Waals surface area (Å²) in [5, 5.41) is 4.90. The zero-order chi connectivity index (χ0) is 13.2. The Balaban J connectivity index is 1.98. The maximum atomic E-state index is 5.46. The molecule has 3 aromatic rings. The Morgan fingerprint density at radius 2 is 2.16 bits per heavy atom. The van der Waals surface area contributed by atoms with E-state index in [-0.39, 0.29) is 6.10 Å². The van der Waals surface area contributed by atoms with Gasteiger partial charge < -0.3 is 13.7 Å². The summed E-state index contributed by atoms with van der Waals surface area (Å²) in [5.41, 5.74) is 1.60. The Hall–Kier alpha value is -2.14. The number of fused-ring (bicyclic) bond motifs is 1. The Morgan fingerprint density at radius 3 is 3.00 bits per heavy atom. The van der Waals surface area contributed by atoms with E-state index in [9.17, 15) is 0 Å². The van der Waals surface area contributed by atoms with Gasteiger partial charge in [-0.25, -0.2) is 0 Å². The van der Waals surface area contributed by atoms with Crippen molar-refractivity contribution in [1.82, 2.24) is 10.1 Å². The minimum absolute atomic E-state index is 0.180. The maximum Gasteiger partial charge on any atom is 0.261 e. The first-order valence-corrected chi connectivity index (χ1v) is 6.21. The van der Waals surface area contributed by atoms with Gasteiger partial charge in [0.15, 0.2) is 0 Å². The van der Waals surface area contributed by atoms with Crippen LogP contribution in [0.15, 0.2) is 39.5 Å². The highest BCUT2D eigenvalue weighted by molar-refractivity contribution is 5.91. The zero-order valence-electron chi connectivity index (χ0n) is 10.8. The van der Waals surface area contributed by atoms with Crippen molar-refractivity contribution < 1.29 is 13.7 Å². The molecule has 0 aliphatic rings. The maximum absolute atomic E-state index is 5.46. The molecule has 0 saturated carbocycles. The van der Waals surface area contributed by atoms with Gasteiger partial charge in [-0.2, -0.15) is 4.98 Å². The Kier molecular flexibility index (Phi) is 3.05. The second-order valence-corrected chi connectivity index (χ2v) is 4.20. The molecule has 0 aliphatic carbocycles. The van der Waals surface area contributed by atoms with Crippen LogP contribution in [0.3, 0.4) is 0 Å². The molecule has 3 rings (SSSR count). The van der Waals surface area contributed by atoms with E-state index in [1.165, 1.54) is 0 Å². The van der Waals surface area contributed by atoms with Crippen molar-refractivity contribution in [3.8, 4) is 11.5 Å². The largest absolute Gasteiger partial charge is 0.463 e. The van der Waals surface area contributed by atoms with Gasteiger partial charge in [-0.15, -0.1) is 0 Å². The van der Waals surface area contributed by atoms with E-state index >= 15 is 0 Å². The minimum atomic E-state index is -0.180. The summed E-state index contributed by atoms with van der Waals surface area (Å²) in [5.74, 6) is 0.994. The van der Waals surface area contributed by atoms with Gasteiger partial charge in [0.2, 0.25) is 5.82 Å². The van der Waals surface area contributed by atoms with Crippen LogP contribution in [0.1, 0.15) is 25.8 Å². The number of aromatic nitrogens is 2. The molecule has 0 amide bonds. The average molecular weight is 258 g/mol. The summed E-state index contributed by atoms with van der Waals surface area (Å²) < 4.78 is 16.2. The molecule has 0 spiro atoms. The molecule has 5 heteroatoms. The molecule has 98 valence electrons. The molecule has 0 radical (unpaired) electrons. The molecule has 0 unspecified atom stereocenters. The van der Waals surface area contributed by atoms with Crippen molar-refractivity contribution >= 4 is 11.0 Å². The Bertz CT molecular complexity index is 687. The topological polar surface area (TPSA) is 61.3 Å². The van der Waals surface area contributed by atoms with E-state index in [2.05, 4.69) is 10.1 Å². The van der Waals surface area contributed by atoms with E-state index in [1.54, 1.807) is 6.26 Å². The molecule has 2 aromatic heterocycles. The number of hydrogen-bond acceptors (Lipinski definition) is 5. The first-order valence-electron chi connectivity index (χ1n) is 6.21. The molecule has 2 heterocycles. The van der Waals surface area contributed by atoms with Gasteiger partial charge >= 0.3 is 0 Å². The number of nitrogens with zero attached hydrogens (tertiary/aromatic N) is 2. The summed E-state index contributed by atoms with van der Waals surface area (Å²) in [6, 6.07) is 7.73. The molecule has 1 atom stereocenters. The molecule has 0 saturated heterocycles. The highest BCUT2D eigenvalue weighted by Gasteiger charge is 2.17. The Labute approximate surface area is 110 Å². The second kappa shape index (κ2) is 4.85. The van der Waals surface area contributed by atoms with Crippen LogP contribution < -0.4 is 0 Å². The molecular formula is C14H14N2O3. The van der Waals surface area contributed by atoms with E-state index < -0.39 is 0 Å². The van der Waals surface area contributed by atoms with Gasteiger partial charge in [-0.1, -0.05) is 23.4 Å². The van der Waals surface area contributed by atoms with Crippen LogP contribution in [0.2, 0.25) is 0 Å². The van der Waals surface area contributed by atoms with Crippen LogP contribution in [0, 0.1) is 0 Å². The van der Waals surface area contributed by atoms with Crippen LogP contribution in [0.5, 0.6) is 0 Å². The third-order valence-corrected chi connectivity index (χ3v) is 2.93. The first-order chi connectivity index (χ1) is 9.29. The third-order valence-electron chi connectivity index (χ3n) is 2.93. The fraction of sp³-hybridized carbons (Fsp3) is 0.286. The third kappa shape index (κ3) is 2.13. The molecular weight excluding hydrogens is 244 g/mol. The molecule has 0 fully saturated rings. The van der Waals surface area contributed by atoms with Gasteiger partial charge in [-0.05, 0) is 19.9 Å². The molecule has 0 N–H and O–H groups in total. The fourth-order valence-electron chi connectivity index (χ4n) is 1.98. The van der Waals surface area contributed by atoms with Crippen molar-refractivity contribution in [3.63, 3.8) is 0 Å². The highest BCUT2D eigenvalue weighted by Crippen LogP contribution is 2.30. The molecule has 19 heavy (non-hydrogen) atoms. The molecule has 1 aromatic carbocycles. The zero-order valence-corrected chi connectivity index (χ0v) is 10.8. The molecule has 0 bridgehead atoms. The monoisotopic (exact) mass is 258 g/mol. The van der Waals surface area contributed by atoms with Crippen LogP contribution in [-0.2, 0) is 4.74 Å². The Morgan fingerprint density at radius 1 is 1.32 bits per heavy atom. The van der Waals surface area contributed by atoms with E-state index in [0.717, 1.165) is 16.5 Å². The van der Waals surface area contributed by atoms with Gasteiger partial charge in [-0.3, -0.25) is 0 Å². The average Bonchev–Trinajstić information content (AvgIpc) is 3.05. The van der Waals surface area contributed by atoms with Crippen LogP contribution in [0.25, 0.3) is 22.4 Å². The number of hydrogen-bond donors (Lipinski definition) is 0. The minimum Gasteiger partial charge on any atom is -0.463 e. The number of rotatable bonds is 4. The number of ether oxygens (including phenoxy) is 1. The van der Waals surface area contributed by atoms with Gasteiger partial charge in [0.05, 0.1) is 5.56 Å². The van der Waals surface area contributed by atoms with Crippen molar-refractivity contribution in [2.45, 2.75) is 20.0 Å². The van der Waals surface area contributed by atoms with Crippen molar-refractivity contribution in [2.24, 2.45) is 0 Å². The van der Waals surface area contributed by atoms with Crippen molar-refractivity contribution in [1.29, 1.82) is 0 Å². The SMILES string of the molecule is CCO[C@@H](C)c1noc(-c2coc3ccccc23)n1. The van der Waals surface area contributed by atoms with Gasteiger partial charge in [0.1, 0.15) is 18.0 Å². The molecule has 5 nitrogen and oxygen atoms in total. The van der Waals surface area contributed by atoms with Crippen LogP contribution >= 0.6 is 0 Å². The molecule has 0 aliphatic heterocycles. The summed E-state index contributed by atoms with van der Waals surface area (Å²) in [6.45, 7) is 4.44. The summed E-state index contributed by atoms with van der Waals surface area (Å²) in [6.07, 6.45) is 1.45. The normalized spacial score (nSPS) is 12.9. The lowest BCUT2D eigenvalue weighted by atomic mass is 10.2. The summed E-state index contributed by atoms with van der Waals surface area (Å²) in [7, 11) is 0. The van der Waals surface area contributed by atoms with Crippen LogP contribution in [-0.4, -0.2) is 16.7 Å². The van der Waals surface area contributed by atoms with Crippen molar-refractivity contribution in [3.05, 3.63) is 36.4 Å². The van der Waals surface area contributed by atoms with Crippen molar-refractivity contribution in [2.75, 3.05) is 6.61 Å². The first kappa shape index (κ1) is 11.9. The lowest BCUT2D eigenvalue weighted by Gasteiger charge is -2.04. The predicted molar refractivity (Wildman–Crippen MR) is 69.5 cm³/mol. The van der Waals surface area contributed by atoms with Gasteiger partial charge in [0, 0.05) is 12.0 Å². The lowest BCUT2D eigenvalue weighted by Crippen LogP contribution is -2.01. The number of para-hydroxylation sites is 1. The predicted octanol–water partition coefficient (Wildman–Crippen LogP) is 3.58. The van der Waals surface area contributed by atoms with E-state index in [4.69, 9.17) is 13.7 Å². The van der Waals surface area contributed by atoms with Crippen LogP contribution in [0.4, 0.5) is 0 Å². The van der Waals surface area contributed by atoms with E-state index in [1.807, 2.05) is 38.1 Å². The highest BCUT2D eigenvalue weighted by atomic mass is 16.5. The second-order valence-electron chi connectivity index (χ2n) is 4.20. The smallest absolute Gasteiger partial charge is 0.261 e. The van der Waals surface area contributed by atoms with Gasteiger partial charge in [0.25, 0.3) is 5.89 Å². The van der Waals surface area contributed by atoms with E-state index in [0.29, 0.717) is 18.3 Å². The quantitative estimate of drug-likeness (QED) is 0.715. The number of benzene rings is 1. The fourth-order valence-corrected chi connectivity index (χ4v) is 1.98.